The number of benzene rings is 1. The summed E-state index contributed by atoms with van der Waals surface area (Å²) in [5.74, 6) is 0.789. The fraction of sp³-hybridized carbons (Fsp3) is 0.353. The summed E-state index contributed by atoms with van der Waals surface area (Å²) >= 11 is 0. The van der Waals surface area contributed by atoms with Gasteiger partial charge in [0.2, 0.25) is 0 Å². The Morgan fingerprint density at radius 1 is 1.28 bits per heavy atom. The first kappa shape index (κ1) is 15.9. The van der Waals surface area contributed by atoms with Crippen LogP contribution >= 0.6 is 0 Å². The topological polar surface area (TPSA) is 69.2 Å². The van der Waals surface area contributed by atoms with Crippen LogP contribution in [0.2, 0.25) is 0 Å². The van der Waals surface area contributed by atoms with Crippen molar-refractivity contribution in [3.63, 3.8) is 0 Å². The molecule has 3 aromatic rings. The van der Waals surface area contributed by atoms with Crippen LogP contribution in [0.1, 0.15) is 17.4 Å². The first-order valence-corrected chi connectivity index (χ1v) is 8.08. The average molecular weight is 343 g/mol. The lowest BCUT2D eigenvalue weighted by Crippen LogP contribution is -2.39. The average Bonchev–Trinajstić information content (AvgIpc) is 3.26. The molecule has 25 heavy (non-hydrogen) atoms. The van der Waals surface area contributed by atoms with Crippen LogP contribution in [0.4, 0.5) is 4.39 Å². The summed E-state index contributed by atoms with van der Waals surface area (Å²) in [6, 6.07) is 6.42. The fourth-order valence-electron chi connectivity index (χ4n) is 2.91. The number of morpholine rings is 1. The minimum absolute atomic E-state index is 0.104. The van der Waals surface area contributed by atoms with Gasteiger partial charge in [0.15, 0.2) is 5.82 Å². The number of aromatic nitrogens is 4. The molecule has 1 atom stereocenters. The summed E-state index contributed by atoms with van der Waals surface area (Å²) in [6.45, 7) is 2.56. The number of ether oxygens (including phenoxy) is 1. The molecule has 7 nitrogen and oxygen atoms in total. The van der Waals surface area contributed by atoms with Crippen molar-refractivity contribution in [1.29, 1.82) is 0 Å². The Morgan fingerprint density at radius 2 is 2.12 bits per heavy atom. The van der Waals surface area contributed by atoms with E-state index in [1.165, 1.54) is 12.1 Å². The molecule has 2 aromatic heterocycles. The van der Waals surface area contributed by atoms with Crippen molar-refractivity contribution in [2.75, 3.05) is 19.8 Å². The molecule has 8 heteroatoms. The minimum atomic E-state index is -0.235. The van der Waals surface area contributed by atoms with Crippen molar-refractivity contribution >= 4 is 0 Å². The largest absolute Gasteiger partial charge is 0.378 e. The summed E-state index contributed by atoms with van der Waals surface area (Å²) in [5, 5.41) is 8.24. The van der Waals surface area contributed by atoms with Gasteiger partial charge in [0.05, 0.1) is 31.0 Å². The van der Waals surface area contributed by atoms with Crippen molar-refractivity contribution < 1.29 is 13.7 Å². The van der Waals surface area contributed by atoms with Crippen LogP contribution in [0.15, 0.2) is 41.2 Å². The van der Waals surface area contributed by atoms with E-state index in [4.69, 9.17) is 9.26 Å². The third kappa shape index (κ3) is 3.45. The molecule has 1 fully saturated rings. The van der Waals surface area contributed by atoms with Crippen LogP contribution in [-0.2, 0) is 18.3 Å². The van der Waals surface area contributed by atoms with Gasteiger partial charge >= 0.3 is 0 Å². The summed E-state index contributed by atoms with van der Waals surface area (Å²) in [4.78, 5) is 6.73. The molecule has 3 heterocycles. The molecule has 130 valence electrons. The van der Waals surface area contributed by atoms with Gasteiger partial charge in [-0.2, -0.15) is 10.1 Å². The summed E-state index contributed by atoms with van der Waals surface area (Å²) in [7, 11) is 1.83. The van der Waals surface area contributed by atoms with Gasteiger partial charge in [0, 0.05) is 26.3 Å². The lowest BCUT2D eigenvalue weighted by Gasteiger charge is -2.33. The second-order valence-electron chi connectivity index (χ2n) is 6.05. The molecule has 0 bridgehead atoms. The van der Waals surface area contributed by atoms with Gasteiger partial charge in [-0.25, -0.2) is 4.39 Å². The third-order valence-corrected chi connectivity index (χ3v) is 4.23. The van der Waals surface area contributed by atoms with E-state index in [1.54, 1.807) is 23.0 Å². The minimum Gasteiger partial charge on any atom is -0.378 e. The number of rotatable bonds is 4. The van der Waals surface area contributed by atoms with Crippen LogP contribution in [0, 0.1) is 5.82 Å². The Balaban J connectivity index is 1.54. The van der Waals surface area contributed by atoms with Crippen molar-refractivity contribution in [2.45, 2.75) is 12.6 Å². The highest BCUT2D eigenvalue weighted by molar-refractivity contribution is 5.49. The maximum absolute atomic E-state index is 13.1. The van der Waals surface area contributed by atoms with Crippen molar-refractivity contribution in [3.05, 3.63) is 53.9 Å². The maximum atomic E-state index is 13.1. The molecule has 0 unspecified atom stereocenters. The predicted molar refractivity (Wildman–Crippen MR) is 86.9 cm³/mol. The molecule has 1 saturated heterocycles. The highest BCUT2D eigenvalue weighted by atomic mass is 19.1. The van der Waals surface area contributed by atoms with E-state index >= 15 is 0 Å². The van der Waals surface area contributed by atoms with Gasteiger partial charge in [0.25, 0.3) is 5.89 Å². The molecular formula is C17H18FN5O2. The summed E-state index contributed by atoms with van der Waals surface area (Å²) in [5.41, 5.74) is 1.81. The fourth-order valence-corrected chi connectivity index (χ4v) is 2.91. The standard InChI is InChI=1S/C17H18FN5O2/c1-22-10-13(8-19-22)17-20-16(21-25-17)15-11-24-7-6-23(15)9-12-2-4-14(18)5-3-12/h2-5,8,10,15H,6-7,9,11H2,1H3/t15-/m0/s1. The molecular weight excluding hydrogens is 325 g/mol. The van der Waals surface area contributed by atoms with E-state index in [0.29, 0.717) is 31.5 Å². The van der Waals surface area contributed by atoms with Gasteiger partial charge in [-0.15, -0.1) is 0 Å². The predicted octanol–water partition coefficient (Wildman–Crippen LogP) is 2.18. The van der Waals surface area contributed by atoms with Gasteiger partial charge in [-0.3, -0.25) is 9.58 Å². The number of aryl methyl sites for hydroxylation is 1. The van der Waals surface area contributed by atoms with E-state index < -0.39 is 0 Å². The van der Waals surface area contributed by atoms with Gasteiger partial charge in [-0.05, 0) is 17.7 Å². The van der Waals surface area contributed by atoms with E-state index in [0.717, 1.165) is 17.7 Å². The Labute approximate surface area is 144 Å². The molecule has 1 aromatic carbocycles. The molecule has 1 aliphatic heterocycles. The number of nitrogens with zero attached hydrogens (tertiary/aromatic N) is 5. The number of hydrogen-bond donors (Lipinski definition) is 0. The summed E-state index contributed by atoms with van der Waals surface area (Å²) in [6.07, 6.45) is 3.51. The van der Waals surface area contributed by atoms with Gasteiger partial charge in [0.1, 0.15) is 5.82 Å². The molecule has 0 aliphatic carbocycles. The molecule has 0 amide bonds. The second-order valence-corrected chi connectivity index (χ2v) is 6.05. The molecule has 0 N–H and O–H groups in total. The zero-order valence-corrected chi connectivity index (χ0v) is 13.8. The van der Waals surface area contributed by atoms with E-state index in [9.17, 15) is 4.39 Å². The summed E-state index contributed by atoms with van der Waals surface area (Å²) < 4.78 is 25.8. The molecule has 0 radical (unpaired) electrons. The quantitative estimate of drug-likeness (QED) is 0.723. The first-order chi connectivity index (χ1) is 12.2. The van der Waals surface area contributed by atoms with Gasteiger partial charge < -0.3 is 9.26 Å². The van der Waals surface area contributed by atoms with Gasteiger partial charge in [-0.1, -0.05) is 17.3 Å². The Bertz CT molecular complexity index is 845. The van der Waals surface area contributed by atoms with E-state index in [2.05, 4.69) is 20.1 Å². The zero-order chi connectivity index (χ0) is 17.2. The second kappa shape index (κ2) is 6.73. The smallest absolute Gasteiger partial charge is 0.261 e. The zero-order valence-electron chi connectivity index (χ0n) is 13.8. The molecule has 0 saturated carbocycles. The van der Waals surface area contributed by atoms with Crippen molar-refractivity contribution in [3.8, 4) is 11.5 Å². The van der Waals surface area contributed by atoms with Crippen LogP contribution in [0.3, 0.4) is 0 Å². The normalized spacial score (nSPS) is 18.6. The Hall–Kier alpha value is -2.58. The number of halogens is 1. The van der Waals surface area contributed by atoms with E-state index in [1.807, 2.05) is 13.2 Å². The number of hydrogen-bond acceptors (Lipinski definition) is 6. The highest BCUT2D eigenvalue weighted by Gasteiger charge is 2.29. The Morgan fingerprint density at radius 3 is 2.88 bits per heavy atom. The Kier molecular flexibility index (Phi) is 4.29. The molecule has 1 aliphatic rings. The lowest BCUT2D eigenvalue weighted by atomic mass is 10.1. The van der Waals surface area contributed by atoms with Crippen molar-refractivity contribution in [2.24, 2.45) is 7.05 Å². The third-order valence-electron chi connectivity index (χ3n) is 4.23. The molecule has 0 spiro atoms. The lowest BCUT2D eigenvalue weighted by molar-refractivity contribution is -0.0166. The monoisotopic (exact) mass is 343 g/mol. The maximum Gasteiger partial charge on any atom is 0.261 e. The van der Waals surface area contributed by atoms with Crippen LogP contribution in [0.25, 0.3) is 11.5 Å². The van der Waals surface area contributed by atoms with Crippen LogP contribution in [0.5, 0.6) is 0 Å². The van der Waals surface area contributed by atoms with Crippen molar-refractivity contribution in [1.82, 2.24) is 24.8 Å². The van der Waals surface area contributed by atoms with Crippen LogP contribution < -0.4 is 0 Å². The van der Waals surface area contributed by atoms with Crippen LogP contribution in [-0.4, -0.2) is 44.6 Å². The SMILES string of the molecule is Cn1cc(-c2nc([C@@H]3COCCN3Cc3ccc(F)cc3)no2)cn1. The highest BCUT2D eigenvalue weighted by Crippen LogP contribution is 2.26. The first-order valence-electron chi connectivity index (χ1n) is 8.08. The van der Waals surface area contributed by atoms with E-state index in [-0.39, 0.29) is 11.9 Å². The molecule has 4 rings (SSSR count).